The number of anilines is 1. The summed E-state index contributed by atoms with van der Waals surface area (Å²) in [5.74, 6) is 1.15. The van der Waals surface area contributed by atoms with Crippen molar-refractivity contribution in [2.24, 2.45) is 0 Å². The average Bonchev–Trinajstić information content (AvgIpc) is 2.48. The van der Waals surface area contributed by atoms with Gasteiger partial charge in [0.25, 0.3) is 0 Å². The Labute approximate surface area is 122 Å². The fraction of sp³-hybridized carbons (Fsp3) is 0.250. The maximum absolute atomic E-state index is 11.3. The van der Waals surface area contributed by atoms with Crippen LogP contribution in [0.3, 0.4) is 0 Å². The highest BCUT2D eigenvalue weighted by molar-refractivity contribution is 5.94. The third-order valence-electron chi connectivity index (χ3n) is 3.44. The van der Waals surface area contributed by atoms with Crippen LogP contribution in [0.25, 0.3) is 0 Å². The van der Waals surface area contributed by atoms with Crippen molar-refractivity contribution in [3.63, 3.8) is 0 Å². The number of carbonyl (C=O) groups is 1. The molecule has 0 bridgehead atoms. The van der Waals surface area contributed by atoms with E-state index in [9.17, 15) is 9.90 Å². The number of aromatic nitrogens is 1. The smallest absolute Gasteiger partial charge is 0.224 e. The van der Waals surface area contributed by atoms with Gasteiger partial charge in [-0.05, 0) is 48.7 Å². The molecule has 1 aromatic carbocycles. The number of aliphatic hydroxyl groups is 1. The Morgan fingerprint density at radius 3 is 2.95 bits per heavy atom. The largest absolute Gasteiger partial charge is 0.439 e. The van der Waals surface area contributed by atoms with Gasteiger partial charge in [-0.15, -0.1) is 0 Å². The Morgan fingerprint density at radius 1 is 1.29 bits per heavy atom. The second-order valence-electron chi connectivity index (χ2n) is 5.07. The number of benzene rings is 1. The quantitative estimate of drug-likeness (QED) is 0.909. The number of aryl methyl sites for hydroxylation is 1. The highest BCUT2D eigenvalue weighted by atomic mass is 16.5. The number of nitrogens with one attached hydrogen (secondary N) is 1. The minimum absolute atomic E-state index is 0.0440. The summed E-state index contributed by atoms with van der Waals surface area (Å²) in [6.45, 7) is 1.70. The van der Waals surface area contributed by atoms with Crippen LogP contribution < -0.4 is 10.1 Å². The van der Waals surface area contributed by atoms with Gasteiger partial charge in [0.1, 0.15) is 5.75 Å². The first-order chi connectivity index (χ1) is 10.1. The summed E-state index contributed by atoms with van der Waals surface area (Å²) in [4.78, 5) is 15.5. The van der Waals surface area contributed by atoms with Crippen molar-refractivity contribution in [2.45, 2.75) is 25.9 Å². The molecule has 0 radical (unpaired) electrons. The number of carbonyl (C=O) groups excluding carboxylic acids is 1. The number of hydrogen-bond donors (Lipinski definition) is 2. The summed E-state index contributed by atoms with van der Waals surface area (Å²) in [7, 11) is 0. The van der Waals surface area contributed by atoms with Crippen LogP contribution in [0.5, 0.6) is 11.6 Å². The van der Waals surface area contributed by atoms with Crippen LogP contribution in [0.4, 0.5) is 5.69 Å². The molecule has 2 aromatic rings. The lowest BCUT2D eigenvalue weighted by Crippen LogP contribution is -2.18. The van der Waals surface area contributed by atoms with E-state index < -0.39 is 6.10 Å². The molecule has 1 unspecified atom stereocenters. The zero-order valence-electron chi connectivity index (χ0n) is 11.7. The van der Waals surface area contributed by atoms with E-state index in [1.807, 2.05) is 12.1 Å². The average molecular weight is 284 g/mol. The highest BCUT2D eigenvalue weighted by Gasteiger charge is 2.15. The fourth-order valence-corrected chi connectivity index (χ4v) is 2.28. The van der Waals surface area contributed by atoms with E-state index >= 15 is 0 Å². The summed E-state index contributed by atoms with van der Waals surface area (Å²) in [5, 5.41) is 12.4. The zero-order chi connectivity index (χ0) is 14.8. The number of hydrogen-bond acceptors (Lipinski definition) is 4. The topological polar surface area (TPSA) is 71.5 Å². The van der Waals surface area contributed by atoms with Gasteiger partial charge in [-0.25, -0.2) is 4.98 Å². The van der Waals surface area contributed by atoms with Crippen LogP contribution in [0.15, 0.2) is 36.5 Å². The first-order valence-corrected chi connectivity index (χ1v) is 6.86. The second kappa shape index (κ2) is 5.54. The van der Waals surface area contributed by atoms with E-state index in [-0.39, 0.29) is 5.91 Å². The number of ether oxygens (including phenoxy) is 1. The molecule has 1 aliphatic heterocycles. The van der Waals surface area contributed by atoms with Crippen molar-refractivity contribution in [3.05, 3.63) is 47.7 Å². The van der Waals surface area contributed by atoms with Gasteiger partial charge in [0.2, 0.25) is 11.8 Å². The molecule has 1 atom stereocenters. The molecule has 0 saturated heterocycles. The summed E-state index contributed by atoms with van der Waals surface area (Å²) >= 11 is 0. The lowest BCUT2D eigenvalue weighted by atomic mass is 10.0. The molecule has 2 N–H and O–H groups in total. The Balaban J connectivity index is 1.82. The number of fused-ring (bicyclic) bond motifs is 1. The molecular weight excluding hydrogens is 268 g/mol. The third kappa shape index (κ3) is 3.03. The molecule has 5 nitrogen and oxygen atoms in total. The minimum Gasteiger partial charge on any atom is -0.439 e. The SMILES string of the molecule is CC(O)c1ccnc(Oc2ccc3c(c2)CCC(=O)N3)c1. The van der Waals surface area contributed by atoms with Crippen LogP contribution in [0.2, 0.25) is 0 Å². The Bertz CT molecular complexity index is 683. The van der Waals surface area contributed by atoms with Crippen molar-refractivity contribution in [1.29, 1.82) is 0 Å². The normalized spacial score (nSPS) is 15.0. The lowest BCUT2D eigenvalue weighted by Gasteiger charge is -2.17. The van der Waals surface area contributed by atoms with Gasteiger partial charge in [0.15, 0.2) is 0 Å². The number of amides is 1. The highest BCUT2D eigenvalue weighted by Crippen LogP contribution is 2.29. The van der Waals surface area contributed by atoms with Gasteiger partial charge in [-0.1, -0.05) is 0 Å². The summed E-state index contributed by atoms with van der Waals surface area (Å²) in [5.41, 5.74) is 2.65. The predicted octanol–water partition coefficient (Wildman–Crippen LogP) is 2.81. The summed E-state index contributed by atoms with van der Waals surface area (Å²) in [6.07, 6.45) is 2.25. The molecule has 1 aromatic heterocycles. The molecule has 2 heterocycles. The van der Waals surface area contributed by atoms with E-state index in [1.165, 1.54) is 0 Å². The molecular formula is C16H16N2O3. The zero-order valence-corrected chi connectivity index (χ0v) is 11.7. The number of pyridine rings is 1. The van der Waals surface area contributed by atoms with Gasteiger partial charge < -0.3 is 15.2 Å². The maximum Gasteiger partial charge on any atom is 0.224 e. The number of nitrogens with zero attached hydrogens (tertiary/aromatic N) is 1. The van der Waals surface area contributed by atoms with Gasteiger partial charge in [-0.2, -0.15) is 0 Å². The summed E-state index contributed by atoms with van der Waals surface area (Å²) < 4.78 is 5.73. The predicted molar refractivity (Wildman–Crippen MR) is 78.3 cm³/mol. The number of aliphatic hydroxyl groups excluding tert-OH is 1. The monoisotopic (exact) mass is 284 g/mol. The van der Waals surface area contributed by atoms with Crippen molar-refractivity contribution in [3.8, 4) is 11.6 Å². The Morgan fingerprint density at radius 2 is 2.14 bits per heavy atom. The van der Waals surface area contributed by atoms with Crippen molar-refractivity contribution < 1.29 is 14.6 Å². The van der Waals surface area contributed by atoms with Gasteiger partial charge in [0.05, 0.1) is 6.10 Å². The van der Waals surface area contributed by atoms with E-state index in [1.54, 1.807) is 31.3 Å². The van der Waals surface area contributed by atoms with E-state index in [0.717, 1.165) is 16.8 Å². The molecule has 1 aliphatic rings. The van der Waals surface area contributed by atoms with Gasteiger partial charge in [0, 0.05) is 24.4 Å². The Hall–Kier alpha value is -2.40. The van der Waals surface area contributed by atoms with Crippen molar-refractivity contribution in [2.75, 3.05) is 5.32 Å². The van der Waals surface area contributed by atoms with Gasteiger partial charge in [-0.3, -0.25) is 4.79 Å². The molecule has 0 aliphatic carbocycles. The molecule has 108 valence electrons. The van der Waals surface area contributed by atoms with E-state index in [0.29, 0.717) is 24.5 Å². The van der Waals surface area contributed by atoms with E-state index in [2.05, 4.69) is 10.3 Å². The molecule has 0 spiro atoms. The molecule has 3 rings (SSSR count). The molecule has 0 fully saturated rings. The lowest BCUT2D eigenvalue weighted by molar-refractivity contribution is -0.116. The van der Waals surface area contributed by atoms with Crippen LogP contribution in [0.1, 0.15) is 30.6 Å². The number of rotatable bonds is 3. The van der Waals surface area contributed by atoms with Crippen LogP contribution >= 0.6 is 0 Å². The summed E-state index contributed by atoms with van der Waals surface area (Å²) in [6, 6.07) is 9.00. The van der Waals surface area contributed by atoms with Gasteiger partial charge >= 0.3 is 0 Å². The van der Waals surface area contributed by atoms with Crippen LogP contribution in [0, 0.1) is 0 Å². The van der Waals surface area contributed by atoms with Crippen LogP contribution in [-0.2, 0) is 11.2 Å². The van der Waals surface area contributed by atoms with E-state index in [4.69, 9.17) is 4.74 Å². The first-order valence-electron chi connectivity index (χ1n) is 6.86. The molecule has 21 heavy (non-hydrogen) atoms. The molecule has 5 heteroatoms. The fourth-order valence-electron chi connectivity index (χ4n) is 2.28. The van der Waals surface area contributed by atoms with Crippen molar-refractivity contribution >= 4 is 11.6 Å². The van der Waals surface area contributed by atoms with Crippen LogP contribution in [-0.4, -0.2) is 16.0 Å². The second-order valence-corrected chi connectivity index (χ2v) is 5.07. The molecule has 0 saturated carbocycles. The maximum atomic E-state index is 11.3. The first kappa shape index (κ1) is 13.6. The Kier molecular flexibility index (Phi) is 3.58. The standard InChI is InChI=1S/C16H16N2O3/c1-10(19)11-6-7-17-16(9-11)21-13-3-4-14-12(8-13)2-5-15(20)18-14/h3-4,6-10,19H,2,5H2,1H3,(H,18,20). The van der Waals surface area contributed by atoms with Crippen molar-refractivity contribution in [1.82, 2.24) is 4.98 Å². The molecule has 1 amide bonds. The third-order valence-corrected chi connectivity index (χ3v) is 3.44. The minimum atomic E-state index is -0.561.